The summed E-state index contributed by atoms with van der Waals surface area (Å²) in [5.41, 5.74) is 8.11. The molecule has 0 amide bonds. The zero-order valence-corrected chi connectivity index (χ0v) is 13.7. The number of hydrogen-bond acceptors (Lipinski definition) is 2. The Hall–Kier alpha value is -0.0600. The number of anilines is 1. The van der Waals surface area contributed by atoms with Gasteiger partial charge in [-0.15, -0.1) is 0 Å². The zero-order valence-electron chi connectivity index (χ0n) is 10.6. The van der Waals surface area contributed by atoms with Crippen molar-refractivity contribution in [1.29, 1.82) is 0 Å². The van der Waals surface area contributed by atoms with Crippen LogP contribution in [0.3, 0.4) is 0 Å². The van der Waals surface area contributed by atoms with E-state index < -0.39 is 0 Å². The Morgan fingerprint density at radius 1 is 1.24 bits per heavy atom. The summed E-state index contributed by atoms with van der Waals surface area (Å²) in [7, 11) is 0. The van der Waals surface area contributed by atoms with Crippen LogP contribution in [0.1, 0.15) is 19.4 Å². The number of halogens is 2. The Morgan fingerprint density at radius 3 is 2.18 bits per heavy atom. The van der Waals surface area contributed by atoms with Crippen molar-refractivity contribution >= 4 is 37.5 Å². The highest BCUT2D eigenvalue weighted by molar-refractivity contribution is 9.11. The molecule has 0 spiro atoms. The fourth-order valence-electron chi connectivity index (χ4n) is 1.69. The fraction of sp³-hybridized carbons (Fsp3) is 0.538. The Morgan fingerprint density at radius 2 is 1.76 bits per heavy atom. The lowest BCUT2D eigenvalue weighted by molar-refractivity contribution is 0.413. The molecular formula is C13H20Br2N2. The van der Waals surface area contributed by atoms with Crippen LogP contribution in [0.4, 0.5) is 5.69 Å². The van der Waals surface area contributed by atoms with Crippen LogP contribution in [0.25, 0.3) is 0 Å². The fourth-order valence-corrected chi connectivity index (χ4v) is 3.39. The summed E-state index contributed by atoms with van der Waals surface area (Å²) in [5, 5.41) is 3.47. The molecule has 0 saturated carbocycles. The van der Waals surface area contributed by atoms with Gasteiger partial charge in [0, 0.05) is 15.5 Å². The van der Waals surface area contributed by atoms with Gasteiger partial charge in [0.05, 0.1) is 5.69 Å². The average molecular weight is 364 g/mol. The molecule has 3 N–H and O–H groups in total. The van der Waals surface area contributed by atoms with Gasteiger partial charge in [-0.2, -0.15) is 0 Å². The van der Waals surface area contributed by atoms with Gasteiger partial charge in [-0.3, -0.25) is 0 Å². The van der Waals surface area contributed by atoms with E-state index in [9.17, 15) is 0 Å². The van der Waals surface area contributed by atoms with E-state index in [1.165, 1.54) is 5.56 Å². The molecule has 1 atom stereocenters. The van der Waals surface area contributed by atoms with Crippen LogP contribution in [0.2, 0.25) is 0 Å². The third kappa shape index (κ3) is 4.27. The smallest absolute Gasteiger partial charge is 0.0629 e. The van der Waals surface area contributed by atoms with Gasteiger partial charge in [0.2, 0.25) is 0 Å². The summed E-state index contributed by atoms with van der Waals surface area (Å²) in [4.78, 5) is 0. The summed E-state index contributed by atoms with van der Waals surface area (Å²) >= 11 is 7.17. The third-order valence-electron chi connectivity index (χ3n) is 2.97. The second-order valence-electron chi connectivity index (χ2n) is 4.72. The highest BCUT2D eigenvalue weighted by Crippen LogP contribution is 2.32. The van der Waals surface area contributed by atoms with Crippen LogP contribution in [0.15, 0.2) is 21.1 Å². The highest BCUT2D eigenvalue weighted by Gasteiger charge is 2.13. The van der Waals surface area contributed by atoms with Crippen molar-refractivity contribution in [1.82, 2.24) is 0 Å². The van der Waals surface area contributed by atoms with E-state index in [-0.39, 0.29) is 0 Å². The normalized spacial score (nSPS) is 12.9. The maximum absolute atomic E-state index is 5.77. The molecule has 1 rings (SSSR count). The van der Waals surface area contributed by atoms with E-state index in [1.807, 2.05) is 0 Å². The van der Waals surface area contributed by atoms with Crippen molar-refractivity contribution < 1.29 is 0 Å². The topological polar surface area (TPSA) is 38.0 Å². The van der Waals surface area contributed by atoms with Crippen LogP contribution in [-0.2, 0) is 0 Å². The minimum absolute atomic E-state index is 0.495. The molecule has 0 aliphatic heterocycles. The van der Waals surface area contributed by atoms with Crippen molar-refractivity contribution in [2.24, 2.45) is 17.6 Å². The van der Waals surface area contributed by atoms with Crippen LogP contribution in [-0.4, -0.2) is 13.1 Å². The van der Waals surface area contributed by atoms with E-state index in [1.54, 1.807) is 0 Å². The molecule has 96 valence electrons. The van der Waals surface area contributed by atoms with Crippen LogP contribution in [0.5, 0.6) is 0 Å². The Kier molecular flexibility index (Phi) is 5.97. The largest absolute Gasteiger partial charge is 0.383 e. The standard InChI is InChI=1S/C13H20Br2N2/c1-8(2)10(6-16)7-17-13-11(14)4-9(3)5-12(13)15/h4-5,8,10,17H,6-7,16H2,1-3H3. The average Bonchev–Trinajstić information content (AvgIpc) is 2.21. The summed E-state index contributed by atoms with van der Waals surface area (Å²) < 4.78 is 2.17. The summed E-state index contributed by atoms with van der Waals surface area (Å²) in [6, 6.07) is 4.22. The van der Waals surface area contributed by atoms with Crippen LogP contribution >= 0.6 is 31.9 Å². The van der Waals surface area contributed by atoms with Gasteiger partial charge in [-0.1, -0.05) is 13.8 Å². The van der Waals surface area contributed by atoms with Gasteiger partial charge in [0.25, 0.3) is 0 Å². The molecule has 1 aromatic carbocycles. The Balaban J connectivity index is 2.75. The second-order valence-corrected chi connectivity index (χ2v) is 6.43. The van der Waals surface area contributed by atoms with E-state index in [4.69, 9.17) is 5.73 Å². The monoisotopic (exact) mass is 362 g/mol. The predicted molar refractivity (Wildman–Crippen MR) is 82.5 cm³/mol. The number of hydrogen-bond donors (Lipinski definition) is 2. The minimum Gasteiger partial charge on any atom is -0.383 e. The van der Waals surface area contributed by atoms with E-state index >= 15 is 0 Å². The molecule has 2 nitrogen and oxygen atoms in total. The first-order valence-electron chi connectivity index (χ1n) is 5.85. The lowest BCUT2D eigenvalue weighted by Gasteiger charge is -2.21. The molecule has 0 fully saturated rings. The van der Waals surface area contributed by atoms with E-state index in [0.29, 0.717) is 18.4 Å². The molecule has 0 bridgehead atoms. The maximum atomic E-state index is 5.77. The first kappa shape index (κ1) is 15.0. The van der Waals surface area contributed by atoms with Crippen LogP contribution in [0, 0.1) is 18.8 Å². The molecule has 0 aliphatic rings. The number of rotatable bonds is 5. The quantitative estimate of drug-likeness (QED) is 0.824. The van der Waals surface area contributed by atoms with Crippen molar-refractivity contribution in [2.45, 2.75) is 20.8 Å². The second kappa shape index (κ2) is 6.76. The van der Waals surface area contributed by atoms with Gasteiger partial charge < -0.3 is 11.1 Å². The summed E-state index contributed by atoms with van der Waals surface area (Å²) in [5.74, 6) is 1.09. The Bertz CT molecular complexity index is 355. The van der Waals surface area contributed by atoms with Gasteiger partial charge in [-0.05, 0) is 74.9 Å². The Labute approximate surface area is 121 Å². The van der Waals surface area contributed by atoms with Gasteiger partial charge in [-0.25, -0.2) is 0 Å². The molecule has 1 aromatic rings. The van der Waals surface area contributed by atoms with E-state index in [2.05, 4.69) is 70.1 Å². The van der Waals surface area contributed by atoms with Gasteiger partial charge in [0.15, 0.2) is 0 Å². The van der Waals surface area contributed by atoms with Crippen molar-refractivity contribution in [3.63, 3.8) is 0 Å². The van der Waals surface area contributed by atoms with E-state index in [0.717, 1.165) is 21.2 Å². The lowest BCUT2D eigenvalue weighted by Crippen LogP contribution is -2.27. The molecule has 0 saturated heterocycles. The molecule has 0 aromatic heterocycles. The molecule has 1 unspecified atom stereocenters. The van der Waals surface area contributed by atoms with Gasteiger partial charge in [0.1, 0.15) is 0 Å². The SMILES string of the molecule is Cc1cc(Br)c(NCC(CN)C(C)C)c(Br)c1. The first-order valence-corrected chi connectivity index (χ1v) is 7.43. The van der Waals surface area contributed by atoms with Crippen molar-refractivity contribution in [2.75, 3.05) is 18.4 Å². The first-order chi connectivity index (χ1) is 7.95. The number of aryl methyl sites for hydroxylation is 1. The number of nitrogens with two attached hydrogens (primary N) is 1. The molecular weight excluding hydrogens is 344 g/mol. The van der Waals surface area contributed by atoms with Crippen molar-refractivity contribution in [3.05, 3.63) is 26.6 Å². The van der Waals surface area contributed by atoms with Crippen LogP contribution < -0.4 is 11.1 Å². The maximum Gasteiger partial charge on any atom is 0.0629 e. The molecule has 17 heavy (non-hydrogen) atoms. The molecule has 0 radical (unpaired) electrons. The van der Waals surface area contributed by atoms with Gasteiger partial charge >= 0.3 is 0 Å². The summed E-state index contributed by atoms with van der Waals surface area (Å²) in [6.45, 7) is 8.10. The third-order valence-corrected chi connectivity index (χ3v) is 4.22. The zero-order chi connectivity index (χ0) is 13.0. The molecule has 0 aliphatic carbocycles. The minimum atomic E-state index is 0.495. The number of nitrogens with one attached hydrogen (secondary N) is 1. The summed E-state index contributed by atoms with van der Waals surface area (Å²) in [6.07, 6.45) is 0. The molecule has 0 heterocycles. The predicted octanol–water partition coefficient (Wildman–Crippen LogP) is 4.16. The highest BCUT2D eigenvalue weighted by atomic mass is 79.9. The lowest BCUT2D eigenvalue weighted by atomic mass is 9.96. The number of benzene rings is 1. The molecule has 4 heteroatoms. The van der Waals surface area contributed by atoms with Crippen molar-refractivity contribution in [3.8, 4) is 0 Å².